The second kappa shape index (κ2) is 7.93. The maximum atomic E-state index is 12.9. The van der Waals surface area contributed by atoms with Crippen molar-refractivity contribution in [2.24, 2.45) is 0 Å². The van der Waals surface area contributed by atoms with E-state index in [0.717, 1.165) is 12.1 Å². The van der Waals surface area contributed by atoms with Gasteiger partial charge in [-0.25, -0.2) is 0 Å². The number of aliphatic hydroxyl groups is 1. The van der Waals surface area contributed by atoms with Crippen LogP contribution in [0.15, 0.2) is 30.1 Å². The number of carbonyl (C=O) groups is 2. The fourth-order valence-electron chi connectivity index (χ4n) is 3.59. The van der Waals surface area contributed by atoms with E-state index in [4.69, 9.17) is 0 Å². The van der Waals surface area contributed by atoms with Gasteiger partial charge in [-0.05, 0) is 58.6 Å². The lowest BCUT2D eigenvalue weighted by atomic mass is 9.95. The Morgan fingerprint density at radius 3 is 2.50 bits per heavy atom. The number of hydrogen-bond donors (Lipinski definition) is 2. The van der Waals surface area contributed by atoms with Gasteiger partial charge in [-0.2, -0.15) is 5.10 Å². The van der Waals surface area contributed by atoms with Gasteiger partial charge in [0, 0.05) is 24.6 Å². The lowest BCUT2D eigenvalue weighted by molar-refractivity contribution is -0.139. The number of amides is 1. The Bertz CT molecular complexity index is 898. The molecular weight excluding hydrogens is 358 g/mol. The zero-order chi connectivity index (χ0) is 20.4. The van der Waals surface area contributed by atoms with E-state index in [0.29, 0.717) is 29.9 Å². The summed E-state index contributed by atoms with van der Waals surface area (Å²) in [5.41, 5.74) is 2.50. The highest BCUT2D eigenvalue weighted by molar-refractivity contribution is 6.46. The van der Waals surface area contributed by atoms with Crippen molar-refractivity contribution in [1.29, 1.82) is 0 Å². The number of ketones is 1. The number of hydrogen-bond acceptors (Lipinski definition) is 6. The minimum Gasteiger partial charge on any atom is -0.507 e. The molecule has 3 heterocycles. The summed E-state index contributed by atoms with van der Waals surface area (Å²) < 4.78 is 0. The van der Waals surface area contributed by atoms with Crippen LogP contribution in [0.2, 0.25) is 0 Å². The largest absolute Gasteiger partial charge is 0.507 e. The molecule has 0 unspecified atom stereocenters. The van der Waals surface area contributed by atoms with E-state index in [2.05, 4.69) is 15.2 Å². The summed E-state index contributed by atoms with van der Waals surface area (Å²) in [6, 6.07) is 2.87. The van der Waals surface area contributed by atoms with Crippen molar-refractivity contribution in [2.75, 3.05) is 27.2 Å². The molecule has 0 aliphatic carbocycles. The summed E-state index contributed by atoms with van der Waals surface area (Å²) in [6.07, 6.45) is 3.94. The minimum atomic E-state index is -0.677. The van der Waals surface area contributed by atoms with Crippen LogP contribution in [0, 0.1) is 13.8 Å². The smallest absolute Gasteiger partial charge is 0.295 e. The lowest BCUT2D eigenvalue weighted by Crippen LogP contribution is -2.32. The number of rotatable bonds is 6. The third-order valence-electron chi connectivity index (χ3n) is 4.93. The molecule has 1 atom stereocenters. The molecule has 1 fully saturated rings. The van der Waals surface area contributed by atoms with Gasteiger partial charge >= 0.3 is 0 Å². The van der Waals surface area contributed by atoms with Crippen LogP contribution in [-0.4, -0.2) is 69.0 Å². The summed E-state index contributed by atoms with van der Waals surface area (Å²) in [7, 11) is 3.91. The molecule has 8 nitrogen and oxygen atoms in total. The number of carbonyl (C=O) groups excluding carboxylic acids is 2. The van der Waals surface area contributed by atoms with Gasteiger partial charge < -0.3 is 14.9 Å². The molecular formula is C20H25N5O3. The van der Waals surface area contributed by atoms with Crippen LogP contribution in [-0.2, 0) is 9.59 Å². The molecule has 148 valence electrons. The van der Waals surface area contributed by atoms with E-state index in [1.807, 2.05) is 19.0 Å². The number of aryl methyl sites for hydroxylation is 2. The molecule has 0 aromatic carbocycles. The Kier molecular flexibility index (Phi) is 5.60. The van der Waals surface area contributed by atoms with Crippen molar-refractivity contribution in [2.45, 2.75) is 26.3 Å². The topological polar surface area (TPSA) is 102 Å². The average Bonchev–Trinajstić information content (AvgIpc) is 3.12. The number of Topliss-reactive ketones (excluding diaryl/α,β-unsaturated/α-hetero) is 1. The zero-order valence-electron chi connectivity index (χ0n) is 16.6. The van der Waals surface area contributed by atoms with Crippen LogP contribution >= 0.6 is 0 Å². The van der Waals surface area contributed by atoms with Crippen molar-refractivity contribution in [3.8, 4) is 0 Å². The number of aromatic amines is 1. The fraction of sp³-hybridized carbons (Fsp3) is 0.400. The van der Waals surface area contributed by atoms with E-state index in [-0.39, 0.29) is 11.3 Å². The number of pyridine rings is 1. The third kappa shape index (κ3) is 3.55. The lowest BCUT2D eigenvalue weighted by Gasteiger charge is -2.25. The Morgan fingerprint density at radius 1 is 1.25 bits per heavy atom. The quantitative estimate of drug-likeness (QED) is 0.448. The van der Waals surface area contributed by atoms with Crippen molar-refractivity contribution in [3.05, 3.63) is 52.6 Å². The van der Waals surface area contributed by atoms with Gasteiger partial charge in [-0.15, -0.1) is 0 Å². The zero-order valence-corrected chi connectivity index (χ0v) is 16.6. The van der Waals surface area contributed by atoms with Crippen LogP contribution in [0.25, 0.3) is 5.76 Å². The molecule has 2 aromatic rings. The van der Waals surface area contributed by atoms with E-state index in [1.165, 1.54) is 4.90 Å². The van der Waals surface area contributed by atoms with E-state index < -0.39 is 17.7 Å². The first-order chi connectivity index (χ1) is 13.3. The third-order valence-corrected chi connectivity index (χ3v) is 4.93. The first-order valence-corrected chi connectivity index (χ1v) is 9.18. The minimum absolute atomic E-state index is 0.0913. The van der Waals surface area contributed by atoms with Crippen LogP contribution in [0.5, 0.6) is 0 Å². The molecule has 3 rings (SSSR count). The molecule has 2 aromatic heterocycles. The van der Waals surface area contributed by atoms with Gasteiger partial charge in [0.05, 0.1) is 22.9 Å². The van der Waals surface area contributed by atoms with Crippen molar-refractivity contribution < 1.29 is 14.7 Å². The predicted octanol–water partition coefficient (Wildman–Crippen LogP) is 1.79. The first-order valence-electron chi connectivity index (χ1n) is 9.18. The molecule has 0 bridgehead atoms. The van der Waals surface area contributed by atoms with E-state index in [9.17, 15) is 14.7 Å². The molecule has 1 aliphatic heterocycles. The standard InChI is InChI=1S/C20H25N5O3/c1-12-15(13(2)23-22-12)18(26)16-17(14-6-8-21-9-7-14)25(20(28)19(16)27)11-5-10-24(3)4/h6-9,17,26H,5,10-11H2,1-4H3,(H,22,23)/t17-/m1/s1. The summed E-state index contributed by atoms with van der Waals surface area (Å²) in [5.74, 6) is -1.47. The van der Waals surface area contributed by atoms with Gasteiger partial charge in [-0.3, -0.25) is 19.7 Å². The highest BCUT2D eigenvalue weighted by atomic mass is 16.3. The maximum Gasteiger partial charge on any atom is 0.295 e. The Morgan fingerprint density at radius 2 is 1.93 bits per heavy atom. The molecule has 0 spiro atoms. The SMILES string of the molecule is Cc1n[nH]c(C)c1C(O)=C1C(=O)C(=O)N(CCCN(C)C)[C@@H]1c1ccncc1. The van der Waals surface area contributed by atoms with Crippen molar-refractivity contribution in [3.63, 3.8) is 0 Å². The summed E-state index contributed by atoms with van der Waals surface area (Å²) in [6.45, 7) is 4.71. The number of aromatic nitrogens is 3. The predicted molar refractivity (Wildman–Crippen MR) is 104 cm³/mol. The molecule has 1 saturated heterocycles. The van der Waals surface area contributed by atoms with Crippen molar-refractivity contribution >= 4 is 17.4 Å². The monoisotopic (exact) mass is 383 g/mol. The fourth-order valence-corrected chi connectivity index (χ4v) is 3.59. The summed E-state index contributed by atoms with van der Waals surface area (Å²) >= 11 is 0. The maximum absolute atomic E-state index is 12.9. The molecule has 1 aliphatic rings. The molecule has 0 radical (unpaired) electrons. The Balaban J connectivity index is 2.10. The normalized spacial score (nSPS) is 19.0. The summed E-state index contributed by atoms with van der Waals surface area (Å²) in [5, 5.41) is 17.9. The van der Waals surface area contributed by atoms with Crippen LogP contribution in [0.4, 0.5) is 0 Å². The van der Waals surface area contributed by atoms with Gasteiger partial charge in [0.25, 0.3) is 11.7 Å². The molecule has 8 heteroatoms. The number of nitrogens with zero attached hydrogens (tertiary/aromatic N) is 4. The summed E-state index contributed by atoms with van der Waals surface area (Å²) in [4.78, 5) is 33.3. The highest BCUT2D eigenvalue weighted by Gasteiger charge is 2.46. The van der Waals surface area contributed by atoms with Crippen LogP contribution in [0.3, 0.4) is 0 Å². The van der Waals surface area contributed by atoms with Gasteiger partial charge in [0.2, 0.25) is 0 Å². The van der Waals surface area contributed by atoms with Crippen LogP contribution < -0.4 is 0 Å². The molecule has 0 saturated carbocycles. The highest BCUT2D eigenvalue weighted by Crippen LogP contribution is 2.39. The second-order valence-electron chi connectivity index (χ2n) is 7.24. The van der Waals surface area contributed by atoms with Gasteiger partial charge in [0.1, 0.15) is 5.76 Å². The molecule has 1 amide bonds. The van der Waals surface area contributed by atoms with Crippen LogP contribution in [0.1, 0.15) is 35.0 Å². The molecule has 28 heavy (non-hydrogen) atoms. The Labute approximate surface area is 163 Å². The second-order valence-corrected chi connectivity index (χ2v) is 7.24. The van der Waals surface area contributed by atoms with Gasteiger partial charge in [-0.1, -0.05) is 0 Å². The van der Waals surface area contributed by atoms with Crippen molar-refractivity contribution in [1.82, 2.24) is 25.0 Å². The number of nitrogens with one attached hydrogen (secondary N) is 1. The van der Waals surface area contributed by atoms with E-state index >= 15 is 0 Å². The number of likely N-dealkylation sites (tertiary alicyclic amines) is 1. The molecule has 2 N–H and O–H groups in total. The number of aliphatic hydroxyl groups excluding tert-OH is 1. The average molecular weight is 383 g/mol. The first kappa shape index (κ1) is 19.8. The Hall–Kier alpha value is -3.00. The van der Waals surface area contributed by atoms with E-state index in [1.54, 1.807) is 38.4 Å². The number of H-pyrrole nitrogens is 1. The van der Waals surface area contributed by atoms with Gasteiger partial charge in [0.15, 0.2) is 0 Å².